The van der Waals surface area contributed by atoms with Gasteiger partial charge in [0.2, 0.25) is 5.95 Å². The molecule has 3 aromatic heterocycles. The van der Waals surface area contributed by atoms with Crippen LogP contribution >= 0.6 is 0 Å². The smallest absolute Gasteiger partial charge is 0.238 e. The molecule has 5 nitrogen and oxygen atoms in total. The van der Waals surface area contributed by atoms with Gasteiger partial charge < -0.3 is 4.57 Å². The Morgan fingerprint density at radius 3 is 1.41 bits per heavy atom. The number of hydrogen-bond acceptors (Lipinski definition) is 3. The fraction of sp³-hybridized carbons (Fsp3) is 0.0132. The summed E-state index contributed by atoms with van der Waals surface area (Å²) in [4.78, 5) is 16.6. The van der Waals surface area contributed by atoms with E-state index in [4.69, 9.17) is 15.0 Å². The summed E-state index contributed by atoms with van der Waals surface area (Å²) in [7, 11) is 0. The Kier molecular flexibility index (Phi) is 9.86. The summed E-state index contributed by atoms with van der Waals surface area (Å²) >= 11 is 0. The molecule has 16 aromatic rings. The molecule has 17 rings (SSSR count). The zero-order valence-corrected chi connectivity index (χ0v) is 43.9. The molecule has 1 aliphatic rings. The predicted molar refractivity (Wildman–Crippen MR) is 335 cm³/mol. The number of rotatable bonds is 7. The standard InChI is InChI=1S/C76H47N5/c1-4-23-48(24-5-1)73-77-74(61-37-22-39-66-72(61)60-36-14-18-38-65(60)76(66,50-25-6-2-7-26-50)51-27-8-3-9-28-51)79-75(78-73)81-69-42-21-17-35-59(69)64-46-63-58-34-16-20-41-68(58)80(70(63)47-71(64)81)67-40-19-15-29-52(67)49-43-44-57-55-32-11-10-30-53(55)54-31-12-13-33-56(54)62(57)45-49/h1-47H. The van der Waals surface area contributed by atoms with Gasteiger partial charge in [-0.05, 0) is 108 Å². The summed E-state index contributed by atoms with van der Waals surface area (Å²) in [5.74, 6) is 1.75. The van der Waals surface area contributed by atoms with E-state index >= 15 is 0 Å². The molecule has 376 valence electrons. The van der Waals surface area contributed by atoms with Crippen molar-refractivity contribution in [1.29, 1.82) is 0 Å². The molecule has 0 amide bonds. The number of para-hydroxylation sites is 3. The minimum Gasteiger partial charge on any atom is -0.309 e. The second kappa shape index (κ2) is 17.6. The van der Waals surface area contributed by atoms with Gasteiger partial charge in [-0.2, -0.15) is 9.97 Å². The van der Waals surface area contributed by atoms with Crippen LogP contribution < -0.4 is 0 Å². The van der Waals surface area contributed by atoms with Crippen LogP contribution in [0.15, 0.2) is 285 Å². The number of benzene rings is 13. The average Bonchev–Trinajstić information content (AvgIpc) is 3.67. The minimum atomic E-state index is -0.588. The van der Waals surface area contributed by atoms with Crippen molar-refractivity contribution in [2.75, 3.05) is 0 Å². The Bertz CT molecular complexity index is 5160. The second-order valence-electron chi connectivity index (χ2n) is 21.4. The van der Waals surface area contributed by atoms with E-state index in [1.807, 2.05) is 6.07 Å². The number of nitrogens with zero attached hydrogens (tertiary/aromatic N) is 5. The van der Waals surface area contributed by atoms with Gasteiger partial charge >= 0.3 is 0 Å². The van der Waals surface area contributed by atoms with E-state index < -0.39 is 5.41 Å². The van der Waals surface area contributed by atoms with Crippen LogP contribution in [0.3, 0.4) is 0 Å². The van der Waals surface area contributed by atoms with Gasteiger partial charge in [-0.1, -0.05) is 249 Å². The molecular weight excluding hydrogens is 983 g/mol. The van der Waals surface area contributed by atoms with Crippen LogP contribution in [0.2, 0.25) is 0 Å². The maximum absolute atomic E-state index is 5.67. The van der Waals surface area contributed by atoms with Crippen molar-refractivity contribution in [2.45, 2.75) is 5.41 Å². The lowest BCUT2D eigenvalue weighted by molar-refractivity contribution is 0.768. The first kappa shape index (κ1) is 45.3. The van der Waals surface area contributed by atoms with Gasteiger partial charge in [0.25, 0.3) is 0 Å². The lowest BCUT2D eigenvalue weighted by Crippen LogP contribution is -2.28. The molecule has 0 saturated heterocycles. The van der Waals surface area contributed by atoms with Crippen LogP contribution in [-0.4, -0.2) is 24.1 Å². The first-order chi connectivity index (χ1) is 40.2. The Balaban J connectivity index is 0.920. The number of aromatic nitrogens is 5. The zero-order valence-electron chi connectivity index (χ0n) is 43.9. The van der Waals surface area contributed by atoms with Crippen LogP contribution in [0.25, 0.3) is 133 Å². The number of fused-ring (bicyclic) bond motifs is 15. The van der Waals surface area contributed by atoms with Crippen molar-refractivity contribution in [3.63, 3.8) is 0 Å². The molecule has 13 aromatic carbocycles. The van der Waals surface area contributed by atoms with Crippen molar-refractivity contribution in [2.24, 2.45) is 0 Å². The molecule has 81 heavy (non-hydrogen) atoms. The molecule has 0 spiro atoms. The highest BCUT2D eigenvalue weighted by atomic mass is 15.2. The first-order valence-corrected chi connectivity index (χ1v) is 27.8. The van der Waals surface area contributed by atoms with Gasteiger partial charge in [-0.15, -0.1) is 0 Å². The lowest BCUT2D eigenvalue weighted by Gasteiger charge is -2.33. The molecular formula is C76H47N5. The van der Waals surface area contributed by atoms with Crippen molar-refractivity contribution in [3.8, 4) is 56.7 Å². The largest absolute Gasteiger partial charge is 0.309 e. The van der Waals surface area contributed by atoms with E-state index in [2.05, 4.69) is 288 Å². The van der Waals surface area contributed by atoms with Gasteiger partial charge in [-0.3, -0.25) is 4.57 Å². The summed E-state index contributed by atoms with van der Waals surface area (Å²) in [6.07, 6.45) is 0. The van der Waals surface area contributed by atoms with Crippen LogP contribution in [0.4, 0.5) is 0 Å². The van der Waals surface area contributed by atoms with Crippen LogP contribution in [0.1, 0.15) is 22.3 Å². The quantitative estimate of drug-likeness (QED) is 0.149. The van der Waals surface area contributed by atoms with Crippen molar-refractivity contribution < 1.29 is 0 Å². The van der Waals surface area contributed by atoms with E-state index in [1.54, 1.807) is 0 Å². The Hall–Kier alpha value is -10.8. The van der Waals surface area contributed by atoms with Gasteiger partial charge in [0, 0.05) is 38.2 Å². The molecule has 0 saturated carbocycles. The maximum atomic E-state index is 5.67. The monoisotopic (exact) mass is 1030 g/mol. The summed E-state index contributed by atoms with van der Waals surface area (Å²) in [5, 5.41) is 12.2. The third kappa shape index (κ3) is 6.58. The second-order valence-corrected chi connectivity index (χ2v) is 21.4. The van der Waals surface area contributed by atoms with Crippen LogP contribution in [0.5, 0.6) is 0 Å². The molecule has 0 aliphatic heterocycles. The van der Waals surface area contributed by atoms with Crippen molar-refractivity contribution in [3.05, 3.63) is 307 Å². The molecule has 0 N–H and O–H groups in total. The van der Waals surface area contributed by atoms with Crippen molar-refractivity contribution in [1.82, 2.24) is 24.1 Å². The van der Waals surface area contributed by atoms with E-state index in [-0.39, 0.29) is 0 Å². The van der Waals surface area contributed by atoms with Gasteiger partial charge in [0.05, 0.1) is 33.2 Å². The van der Waals surface area contributed by atoms with Gasteiger partial charge in [-0.25, -0.2) is 4.98 Å². The Labute approximate surface area is 467 Å². The SMILES string of the molecule is c1ccc(-c2nc(-c3cccc4c3-c3ccccc3C4(c3ccccc3)c3ccccc3)nc(-n3c4ccccc4c4cc5c6ccccc6n(-c6ccccc6-c6ccc7c8ccccc8c8ccccc8c7c6)c5cc43)n2)cc1. The molecule has 3 heterocycles. The highest BCUT2D eigenvalue weighted by Crippen LogP contribution is 2.58. The Morgan fingerprint density at radius 2 is 0.741 bits per heavy atom. The summed E-state index contributed by atoms with van der Waals surface area (Å²) in [6.45, 7) is 0. The Morgan fingerprint density at radius 1 is 0.259 bits per heavy atom. The third-order valence-electron chi connectivity index (χ3n) is 17.2. The lowest BCUT2D eigenvalue weighted by atomic mass is 9.67. The molecule has 0 radical (unpaired) electrons. The summed E-state index contributed by atoms with van der Waals surface area (Å²) in [5.41, 5.74) is 16.0. The van der Waals surface area contributed by atoms with E-state index in [9.17, 15) is 0 Å². The molecule has 0 unspecified atom stereocenters. The molecule has 0 fully saturated rings. The van der Waals surface area contributed by atoms with Crippen LogP contribution in [0, 0.1) is 0 Å². The fourth-order valence-electron chi connectivity index (χ4n) is 13.9. The highest BCUT2D eigenvalue weighted by Gasteiger charge is 2.47. The average molecular weight is 1030 g/mol. The maximum Gasteiger partial charge on any atom is 0.238 e. The molecule has 0 bridgehead atoms. The minimum absolute atomic E-state index is 0.546. The normalized spacial score (nSPS) is 12.8. The van der Waals surface area contributed by atoms with Crippen LogP contribution in [-0.2, 0) is 5.41 Å². The molecule has 0 atom stereocenters. The fourth-order valence-corrected chi connectivity index (χ4v) is 13.9. The molecule has 1 aliphatic carbocycles. The highest BCUT2D eigenvalue weighted by molar-refractivity contribution is 6.26. The predicted octanol–water partition coefficient (Wildman–Crippen LogP) is 18.9. The number of hydrogen-bond donors (Lipinski definition) is 0. The topological polar surface area (TPSA) is 48.5 Å². The summed E-state index contributed by atoms with van der Waals surface area (Å²) < 4.78 is 4.73. The molecule has 5 heteroatoms. The van der Waals surface area contributed by atoms with Gasteiger partial charge in [0.15, 0.2) is 11.6 Å². The van der Waals surface area contributed by atoms with Crippen molar-refractivity contribution >= 4 is 75.9 Å². The van der Waals surface area contributed by atoms with E-state index in [0.717, 1.165) is 71.9 Å². The summed E-state index contributed by atoms with van der Waals surface area (Å²) in [6, 6.07) is 104. The first-order valence-electron chi connectivity index (χ1n) is 27.8. The van der Waals surface area contributed by atoms with E-state index in [1.165, 1.54) is 65.3 Å². The zero-order chi connectivity index (χ0) is 53.2. The van der Waals surface area contributed by atoms with Gasteiger partial charge in [0.1, 0.15) is 0 Å². The third-order valence-corrected chi connectivity index (χ3v) is 17.2. The van der Waals surface area contributed by atoms with E-state index in [0.29, 0.717) is 17.6 Å².